The molecule has 1 aliphatic carbocycles. The van der Waals surface area contributed by atoms with E-state index in [1.807, 2.05) is 11.8 Å². The van der Waals surface area contributed by atoms with Crippen molar-refractivity contribution in [2.45, 2.75) is 55.1 Å². The molecule has 38 heavy (non-hydrogen) atoms. The Morgan fingerprint density at radius 2 is 1.63 bits per heavy atom. The van der Waals surface area contributed by atoms with Crippen LogP contribution in [0.1, 0.15) is 24.1 Å². The molecule has 0 atom stereocenters. The monoisotopic (exact) mass is 591 g/mol. The van der Waals surface area contributed by atoms with Crippen molar-refractivity contribution in [1.29, 1.82) is 0 Å². The van der Waals surface area contributed by atoms with Crippen LogP contribution < -0.4 is 30.5 Å². The second-order valence-corrected chi connectivity index (χ2v) is 20.4. The number of hydrogen-bond donors (Lipinski definition) is 0. The van der Waals surface area contributed by atoms with Gasteiger partial charge in [-0.2, -0.15) is 0 Å². The molecule has 2 aliphatic heterocycles. The number of fused-ring (bicyclic) bond motifs is 7. The summed E-state index contributed by atoms with van der Waals surface area (Å²) in [7, 11) is -1.37. The number of benzene rings is 4. The Morgan fingerprint density at radius 3 is 2.53 bits per heavy atom. The van der Waals surface area contributed by atoms with E-state index in [1.54, 1.807) is 36.3 Å². The summed E-state index contributed by atoms with van der Waals surface area (Å²) >= 11 is 2.34. The number of aromatic nitrogens is 1. The quantitative estimate of drug-likeness (QED) is 0.276. The first-order valence-corrected chi connectivity index (χ1v) is 19.9. The van der Waals surface area contributed by atoms with E-state index in [0.717, 1.165) is 0 Å². The van der Waals surface area contributed by atoms with Crippen LogP contribution in [0.3, 0.4) is 0 Å². The molecule has 0 fully saturated rings. The van der Waals surface area contributed by atoms with Gasteiger partial charge in [0.15, 0.2) is 0 Å². The standard InChI is InChI=1S/C33H30BNSSeSi/c1-38(2,3)21-16-17-25-31(20-21)37-30-19-18-28(33-32(30)34(25)24-12-6-9-15-29(24)36-33)35-26-13-7-4-10-22(26)23-11-5-8-14-27(23)35/h4,6-7,9-10,12-13,15-20H,5,8,11,14H2,1-3H3. The van der Waals surface area contributed by atoms with Crippen LogP contribution in [-0.2, 0) is 12.8 Å². The summed E-state index contributed by atoms with van der Waals surface area (Å²) in [6.45, 7) is 7.74. The maximum atomic E-state index is 2.65. The Bertz CT molecular complexity index is 1780. The van der Waals surface area contributed by atoms with Gasteiger partial charge in [-0.05, 0) is 0 Å². The molecule has 186 valence electrons. The zero-order valence-electron chi connectivity index (χ0n) is 22.2. The van der Waals surface area contributed by atoms with Crippen molar-refractivity contribution in [1.82, 2.24) is 4.57 Å². The van der Waals surface area contributed by atoms with E-state index in [2.05, 4.69) is 103 Å². The minimum absolute atomic E-state index is 0.329. The molecule has 0 bridgehead atoms. The number of aryl methyl sites for hydroxylation is 1. The van der Waals surface area contributed by atoms with Crippen LogP contribution in [0.25, 0.3) is 16.6 Å². The van der Waals surface area contributed by atoms with Gasteiger partial charge >= 0.3 is 238 Å². The fraction of sp³-hybridized carbons (Fsp3) is 0.212. The second kappa shape index (κ2) is 8.53. The molecule has 0 unspecified atom stereocenters. The average Bonchev–Trinajstić information content (AvgIpc) is 3.26. The summed E-state index contributed by atoms with van der Waals surface area (Å²) < 4.78 is 5.82. The minimum atomic E-state index is -1.37. The predicted molar refractivity (Wildman–Crippen MR) is 170 cm³/mol. The van der Waals surface area contributed by atoms with Gasteiger partial charge in [-0.15, -0.1) is 0 Å². The second-order valence-electron chi connectivity index (χ2n) is 12.0. The van der Waals surface area contributed by atoms with E-state index in [-0.39, 0.29) is 0 Å². The number of hydrogen-bond acceptors (Lipinski definition) is 1. The first-order chi connectivity index (χ1) is 18.5. The van der Waals surface area contributed by atoms with Crippen LogP contribution in [0.5, 0.6) is 0 Å². The molecule has 5 heteroatoms. The normalized spacial score (nSPS) is 15.6. The van der Waals surface area contributed by atoms with Crippen LogP contribution in [-0.4, -0.2) is 34.3 Å². The van der Waals surface area contributed by atoms with Crippen molar-refractivity contribution in [3.05, 3.63) is 90.1 Å². The molecule has 0 radical (unpaired) electrons. The van der Waals surface area contributed by atoms with Crippen molar-refractivity contribution >= 4 is 82.9 Å². The van der Waals surface area contributed by atoms with Gasteiger partial charge in [0.05, 0.1) is 0 Å². The van der Waals surface area contributed by atoms with E-state index >= 15 is 0 Å². The molecule has 3 aliphatic rings. The van der Waals surface area contributed by atoms with E-state index in [0.29, 0.717) is 21.7 Å². The number of nitrogens with zero attached hydrogens (tertiary/aromatic N) is 1. The molecule has 0 N–H and O–H groups in total. The van der Waals surface area contributed by atoms with Crippen molar-refractivity contribution in [3.63, 3.8) is 0 Å². The molecule has 0 spiro atoms. The van der Waals surface area contributed by atoms with Gasteiger partial charge in [0.1, 0.15) is 0 Å². The summed E-state index contributed by atoms with van der Waals surface area (Å²) in [6, 6.07) is 30.8. The zero-order valence-corrected chi connectivity index (χ0v) is 25.7. The van der Waals surface area contributed by atoms with Crippen molar-refractivity contribution < 1.29 is 0 Å². The summed E-state index contributed by atoms with van der Waals surface area (Å²) in [4.78, 5) is 2.91. The molecule has 5 aromatic rings. The molecular weight excluding hydrogens is 560 g/mol. The van der Waals surface area contributed by atoms with Crippen LogP contribution >= 0.6 is 11.8 Å². The predicted octanol–water partition coefficient (Wildman–Crippen LogP) is 4.00. The number of rotatable bonds is 2. The van der Waals surface area contributed by atoms with Crippen LogP contribution in [0, 0.1) is 0 Å². The van der Waals surface area contributed by atoms with Gasteiger partial charge in [-0.3, -0.25) is 0 Å². The van der Waals surface area contributed by atoms with Gasteiger partial charge in [0.25, 0.3) is 0 Å². The fourth-order valence-electron chi connectivity index (χ4n) is 6.83. The van der Waals surface area contributed by atoms with Gasteiger partial charge in [0.2, 0.25) is 0 Å². The molecule has 1 nitrogen and oxygen atoms in total. The molecule has 4 aromatic carbocycles. The van der Waals surface area contributed by atoms with Crippen LogP contribution in [0.15, 0.2) is 88.7 Å². The van der Waals surface area contributed by atoms with Crippen LogP contribution in [0.4, 0.5) is 0 Å². The Morgan fingerprint density at radius 1 is 0.816 bits per heavy atom. The Hall–Kier alpha value is -2.43. The molecule has 1 aromatic heterocycles. The van der Waals surface area contributed by atoms with Gasteiger partial charge in [-0.1, -0.05) is 0 Å². The van der Waals surface area contributed by atoms with Gasteiger partial charge in [0, 0.05) is 0 Å². The molecule has 0 saturated carbocycles. The summed E-state index contributed by atoms with van der Waals surface area (Å²) in [5.74, 6) is 0. The molecular formula is C33H30BNSSeSi. The molecule has 8 rings (SSSR count). The Balaban J connectivity index is 1.41. The van der Waals surface area contributed by atoms with Crippen molar-refractivity contribution in [2.24, 2.45) is 0 Å². The first-order valence-electron chi connectivity index (χ1n) is 13.9. The fourth-order valence-corrected chi connectivity index (χ4v) is 12.1. The Kier molecular flexibility index (Phi) is 5.27. The van der Waals surface area contributed by atoms with E-state index < -0.39 is 8.07 Å². The molecule has 3 heterocycles. The van der Waals surface area contributed by atoms with E-state index in [4.69, 9.17) is 0 Å². The van der Waals surface area contributed by atoms with E-state index in [9.17, 15) is 0 Å². The first kappa shape index (κ1) is 23.5. The third-order valence-electron chi connectivity index (χ3n) is 8.70. The SMILES string of the molecule is C[Si](C)(C)c1ccc2c(c1)[Se]c1ccc(-n3c4c(c5ccccc53)CCCC4)c3c1B2c1ccccc1S3. The summed E-state index contributed by atoms with van der Waals surface area (Å²) in [5, 5.41) is 3.04. The topological polar surface area (TPSA) is 4.93 Å². The zero-order chi connectivity index (χ0) is 25.6. The molecule has 0 amide bonds. The van der Waals surface area contributed by atoms with Crippen LogP contribution in [0.2, 0.25) is 19.6 Å². The summed E-state index contributed by atoms with van der Waals surface area (Å²) in [5.41, 5.74) is 10.5. The van der Waals surface area contributed by atoms with Gasteiger partial charge < -0.3 is 0 Å². The number of para-hydroxylation sites is 1. The Labute approximate surface area is 237 Å². The van der Waals surface area contributed by atoms with E-state index in [1.165, 1.54) is 57.5 Å². The summed E-state index contributed by atoms with van der Waals surface area (Å²) in [6.07, 6.45) is 4.98. The molecule has 0 saturated heterocycles. The average molecular weight is 591 g/mol. The van der Waals surface area contributed by atoms with Crippen molar-refractivity contribution in [2.75, 3.05) is 0 Å². The third kappa shape index (κ3) is 3.39. The van der Waals surface area contributed by atoms with Crippen molar-refractivity contribution in [3.8, 4) is 5.69 Å². The maximum absolute atomic E-state index is 2.65. The third-order valence-corrected chi connectivity index (χ3v) is 14.4. The van der Waals surface area contributed by atoms with Gasteiger partial charge in [-0.25, -0.2) is 0 Å².